The molecule has 1 fully saturated rings. The summed E-state index contributed by atoms with van der Waals surface area (Å²) in [5, 5.41) is 3.74. The zero-order valence-corrected chi connectivity index (χ0v) is 13.7. The van der Waals surface area contributed by atoms with Gasteiger partial charge in [0.2, 0.25) is 0 Å². The summed E-state index contributed by atoms with van der Waals surface area (Å²) < 4.78 is 0. The third kappa shape index (κ3) is 3.83. The first-order valence-corrected chi connectivity index (χ1v) is 7.81. The van der Waals surface area contributed by atoms with Crippen LogP contribution in [0.15, 0.2) is 30.3 Å². The van der Waals surface area contributed by atoms with Gasteiger partial charge in [-0.15, -0.1) is 0 Å². The predicted octanol–water partition coefficient (Wildman–Crippen LogP) is 3.33. The lowest BCUT2D eigenvalue weighted by Gasteiger charge is -2.49. The van der Waals surface area contributed by atoms with Crippen LogP contribution < -0.4 is 5.32 Å². The fraction of sp³-hybridized carbons (Fsp3) is 0.667. The number of nitrogens with one attached hydrogen (secondary N) is 1. The minimum Gasteiger partial charge on any atom is -0.310 e. The van der Waals surface area contributed by atoms with Crippen LogP contribution >= 0.6 is 0 Å². The highest BCUT2D eigenvalue weighted by atomic mass is 15.3. The zero-order chi connectivity index (χ0) is 14.8. The molecule has 112 valence electrons. The molecule has 0 radical (unpaired) electrons. The molecule has 1 heterocycles. The number of hydrogen-bond acceptors (Lipinski definition) is 2. The Labute approximate surface area is 124 Å². The van der Waals surface area contributed by atoms with E-state index in [-0.39, 0.29) is 5.54 Å². The molecule has 1 aliphatic rings. The first-order valence-electron chi connectivity index (χ1n) is 7.81. The largest absolute Gasteiger partial charge is 0.310 e. The molecule has 0 aromatic heterocycles. The standard InChI is InChI=1S/C18H30N2/c1-17(2,3)16-13-20(18(4,5)14-19-16)12-11-15-9-7-6-8-10-15/h6-10,16,19H,11-14H2,1-5H3. The van der Waals surface area contributed by atoms with Gasteiger partial charge in [0.15, 0.2) is 0 Å². The van der Waals surface area contributed by atoms with Crippen LogP contribution in [-0.4, -0.2) is 36.1 Å². The lowest BCUT2D eigenvalue weighted by atomic mass is 9.82. The van der Waals surface area contributed by atoms with Gasteiger partial charge in [0.25, 0.3) is 0 Å². The Balaban J connectivity index is 1.99. The van der Waals surface area contributed by atoms with E-state index in [9.17, 15) is 0 Å². The van der Waals surface area contributed by atoms with Crippen LogP contribution in [0.1, 0.15) is 40.2 Å². The van der Waals surface area contributed by atoms with Crippen molar-refractivity contribution < 1.29 is 0 Å². The van der Waals surface area contributed by atoms with Crippen molar-refractivity contribution in [2.75, 3.05) is 19.6 Å². The van der Waals surface area contributed by atoms with E-state index >= 15 is 0 Å². The van der Waals surface area contributed by atoms with Gasteiger partial charge in [-0.1, -0.05) is 51.1 Å². The summed E-state index contributed by atoms with van der Waals surface area (Å²) in [4.78, 5) is 2.66. The number of rotatable bonds is 3. The van der Waals surface area contributed by atoms with E-state index in [1.54, 1.807) is 0 Å². The van der Waals surface area contributed by atoms with Gasteiger partial charge in [-0.2, -0.15) is 0 Å². The first-order chi connectivity index (χ1) is 9.29. The van der Waals surface area contributed by atoms with Gasteiger partial charge in [-0.3, -0.25) is 4.90 Å². The first kappa shape index (κ1) is 15.5. The van der Waals surface area contributed by atoms with Crippen LogP contribution in [0.3, 0.4) is 0 Å². The van der Waals surface area contributed by atoms with E-state index in [2.05, 4.69) is 75.2 Å². The van der Waals surface area contributed by atoms with Crippen LogP contribution in [0.25, 0.3) is 0 Å². The van der Waals surface area contributed by atoms with Crippen LogP contribution in [0, 0.1) is 5.41 Å². The minimum absolute atomic E-state index is 0.247. The second-order valence-corrected chi connectivity index (χ2v) is 7.79. The lowest BCUT2D eigenvalue weighted by Crippen LogP contribution is -2.65. The third-order valence-corrected chi connectivity index (χ3v) is 4.60. The molecule has 20 heavy (non-hydrogen) atoms. The molecule has 2 rings (SSSR count). The lowest BCUT2D eigenvalue weighted by molar-refractivity contribution is 0.0370. The molecule has 2 heteroatoms. The highest BCUT2D eigenvalue weighted by molar-refractivity contribution is 5.15. The van der Waals surface area contributed by atoms with Crippen molar-refractivity contribution in [1.29, 1.82) is 0 Å². The predicted molar refractivity (Wildman–Crippen MR) is 87.0 cm³/mol. The van der Waals surface area contributed by atoms with E-state index in [1.165, 1.54) is 5.56 Å². The monoisotopic (exact) mass is 274 g/mol. The Bertz CT molecular complexity index is 417. The molecule has 0 bridgehead atoms. The molecule has 1 unspecified atom stereocenters. The third-order valence-electron chi connectivity index (χ3n) is 4.60. The van der Waals surface area contributed by atoms with Crippen LogP contribution in [-0.2, 0) is 6.42 Å². The molecule has 1 N–H and O–H groups in total. The molecule has 1 saturated heterocycles. The van der Waals surface area contributed by atoms with Crippen molar-refractivity contribution in [2.24, 2.45) is 5.41 Å². The minimum atomic E-state index is 0.247. The van der Waals surface area contributed by atoms with E-state index in [4.69, 9.17) is 0 Å². The van der Waals surface area contributed by atoms with E-state index in [0.29, 0.717) is 11.5 Å². The Morgan fingerprint density at radius 2 is 1.85 bits per heavy atom. The average molecular weight is 274 g/mol. The van der Waals surface area contributed by atoms with Gasteiger partial charge in [-0.05, 0) is 31.2 Å². The summed E-state index contributed by atoms with van der Waals surface area (Å²) in [7, 11) is 0. The number of nitrogens with zero attached hydrogens (tertiary/aromatic N) is 1. The summed E-state index contributed by atoms with van der Waals surface area (Å²) in [6, 6.07) is 11.4. The molecule has 0 aliphatic carbocycles. The molecule has 0 spiro atoms. The summed E-state index contributed by atoms with van der Waals surface area (Å²) in [6.07, 6.45) is 1.14. The molecule has 1 aromatic rings. The quantitative estimate of drug-likeness (QED) is 0.909. The van der Waals surface area contributed by atoms with E-state index in [0.717, 1.165) is 26.1 Å². The van der Waals surface area contributed by atoms with Gasteiger partial charge in [0.1, 0.15) is 0 Å². The Morgan fingerprint density at radius 3 is 2.45 bits per heavy atom. The Hall–Kier alpha value is -0.860. The summed E-state index contributed by atoms with van der Waals surface area (Å²) in [6.45, 7) is 15.1. The molecule has 0 amide bonds. The SMILES string of the molecule is CC(C)(C)C1CN(CCc2ccccc2)C(C)(C)CN1. The highest BCUT2D eigenvalue weighted by Crippen LogP contribution is 2.27. The molecular weight excluding hydrogens is 244 g/mol. The molecule has 1 atom stereocenters. The molecular formula is C18H30N2. The molecule has 2 nitrogen and oxygen atoms in total. The maximum absolute atomic E-state index is 3.74. The maximum Gasteiger partial charge on any atom is 0.0278 e. The summed E-state index contributed by atoms with van der Waals surface area (Å²) >= 11 is 0. The molecule has 1 aliphatic heterocycles. The van der Waals surface area contributed by atoms with Gasteiger partial charge < -0.3 is 5.32 Å². The van der Waals surface area contributed by atoms with Gasteiger partial charge in [0.05, 0.1) is 0 Å². The van der Waals surface area contributed by atoms with Gasteiger partial charge in [0, 0.05) is 31.2 Å². The Kier molecular flexibility index (Phi) is 4.55. The van der Waals surface area contributed by atoms with Gasteiger partial charge in [-0.25, -0.2) is 0 Å². The fourth-order valence-corrected chi connectivity index (χ4v) is 2.90. The van der Waals surface area contributed by atoms with Crippen molar-refractivity contribution in [3.05, 3.63) is 35.9 Å². The molecule has 0 saturated carbocycles. The van der Waals surface area contributed by atoms with Crippen molar-refractivity contribution in [1.82, 2.24) is 10.2 Å². The van der Waals surface area contributed by atoms with Crippen molar-refractivity contribution >= 4 is 0 Å². The van der Waals surface area contributed by atoms with E-state index in [1.807, 2.05) is 0 Å². The molecule has 1 aromatic carbocycles. The smallest absolute Gasteiger partial charge is 0.0278 e. The second kappa shape index (κ2) is 5.87. The van der Waals surface area contributed by atoms with Crippen molar-refractivity contribution in [3.63, 3.8) is 0 Å². The fourth-order valence-electron chi connectivity index (χ4n) is 2.90. The van der Waals surface area contributed by atoms with Gasteiger partial charge >= 0.3 is 0 Å². The number of hydrogen-bond donors (Lipinski definition) is 1. The second-order valence-electron chi connectivity index (χ2n) is 7.79. The van der Waals surface area contributed by atoms with Crippen molar-refractivity contribution in [2.45, 2.75) is 52.6 Å². The zero-order valence-electron chi connectivity index (χ0n) is 13.7. The maximum atomic E-state index is 3.74. The van der Waals surface area contributed by atoms with Crippen LogP contribution in [0.5, 0.6) is 0 Å². The summed E-state index contributed by atoms with van der Waals surface area (Å²) in [5.41, 5.74) is 2.01. The summed E-state index contributed by atoms with van der Waals surface area (Å²) in [5.74, 6) is 0. The van der Waals surface area contributed by atoms with Crippen LogP contribution in [0.2, 0.25) is 0 Å². The average Bonchev–Trinajstić information content (AvgIpc) is 2.37. The van der Waals surface area contributed by atoms with Crippen LogP contribution in [0.4, 0.5) is 0 Å². The number of benzene rings is 1. The Morgan fingerprint density at radius 1 is 1.20 bits per heavy atom. The normalized spacial score (nSPS) is 23.8. The number of piperazine rings is 1. The van der Waals surface area contributed by atoms with E-state index < -0.39 is 0 Å². The van der Waals surface area contributed by atoms with Crippen molar-refractivity contribution in [3.8, 4) is 0 Å². The highest BCUT2D eigenvalue weighted by Gasteiger charge is 2.37. The topological polar surface area (TPSA) is 15.3 Å².